The maximum absolute atomic E-state index is 10.3. The van der Waals surface area contributed by atoms with E-state index in [2.05, 4.69) is 111 Å². The van der Waals surface area contributed by atoms with Gasteiger partial charge in [0, 0.05) is 0 Å². The van der Waals surface area contributed by atoms with E-state index in [1.54, 1.807) is 36.4 Å². The number of phenolic OH excluding ortho intramolecular Hbond substituents is 7. The Morgan fingerprint density at radius 2 is 0.560 bits per heavy atom. The molecule has 75 heavy (non-hydrogen) atoms. The summed E-state index contributed by atoms with van der Waals surface area (Å²) in [6.07, 6.45) is 0. The molecule has 0 aromatic heterocycles. The van der Waals surface area contributed by atoms with Crippen LogP contribution in [0.2, 0.25) is 0 Å². The number of aromatic hydroxyl groups is 7. The molecule has 7 aromatic carbocycles. The Morgan fingerprint density at radius 1 is 0.267 bits per heavy atom. The number of rotatable bonds is 2. The van der Waals surface area contributed by atoms with Gasteiger partial charge in [0.25, 0.3) is 0 Å². The lowest BCUT2D eigenvalue weighted by atomic mass is 9.80. The molecular weight excluding hydrogens is 929 g/mol. The largest absolute Gasteiger partial charge is 0.508 e. The number of hydrogen-bond acceptors (Lipinski definition) is 7. The Labute approximate surface area is 453 Å². The van der Waals surface area contributed by atoms with Gasteiger partial charge in [0.05, 0.1) is 0 Å². The summed E-state index contributed by atoms with van der Waals surface area (Å²) in [5, 5.41) is 66.1. The minimum absolute atomic E-state index is 0.00859. The first-order valence-corrected chi connectivity index (χ1v) is 26.0. The lowest BCUT2D eigenvalue weighted by molar-refractivity contribution is 0.423. The van der Waals surface area contributed by atoms with E-state index in [4.69, 9.17) is 10.2 Å². The predicted octanol–water partition coefficient (Wildman–Crippen LogP) is 18.4. The van der Waals surface area contributed by atoms with E-state index in [0.717, 1.165) is 55.6 Å². The molecule has 0 aliphatic rings. The second kappa shape index (κ2) is 29.9. The molecule has 0 aliphatic carbocycles. The highest BCUT2D eigenvalue weighted by Gasteiger charge is 2.25. The SMILES string of the molecule is CC(C)(C)c1cccc(C(C)(C)C)c1O.CC(C)(C)c1ccccc1O.CC(C)c1cccc(C(C)C)c1O.Cc1cccc(C(C)(C)C)c1O.Cc1cccc(C)c1O.Cc1ccccc1O.Oc1ccccc1. The zero-order chi connectivity index (χ0) is 57.6. The van der Waals surface area contributed by atoms with E-state index in [1.807, 2.05) is 143 Å². The van der Waals surface area contributed by atoms with Crippen LogP contribution in [0.3, 0.4) is 0 Å². The van der Waals surface area contributed by atoms with Gasteiger partial charge in [0.2, 0.25) is 0 Å². The van der Waals surface area contributed by atoms with E-state index in [-0.39, 0.29) is 21.7 Å². The topological polar surface area (TPSA) is 142 Å². The minimum Gasteiger partial charge on any atom is -0.508 e. The molecule has 7 N–H and O–H groups in total. The monoisotopic (exact) mass is 1020 g/mol. The second-order valence-corrected chi connectivity index (χ2v) is 23.6. The average Bonchev–Trinajstić information content (AvgIpc) is 3.30. The van der Waals surface area contributed by atoms with Gasteiger partial charge < -0.3 is 35.7 Å². The van der Waals surface area contributed by atoms with Crippen LogP contribution in [-0.2, 0) is 21.7 Å². The normalized spacial score (nSPS) is 11.0. The Bertz CT molecular complexity index is 2660. The van der Waals surface area contributed by atoms with Gasteiger partial charge in [-0.25, -0.2) is 0 Å². The van der Waals surface area contributed by atoms with E-state index in [9.17, 15) is 25.5 Å². The quantitative estimate of drug-likeness (QED) is 0.0914. The highest BCUT2D eigenvalue weighted by Crippen LogP contribution is 2.39. The van der Waals surface area contributed by atoms with Crippen LogP contribution >= 0.6 is 0 Å². The Hall–Kier alpha value is -6.86. The molecule has 0 bridgehead atoms. The van der Waals surface area contributed by atoms with Gasteiger partial charge in [0.15, 0.2) is 0 Å². The van der Waals surface area contributed by atoms with E-state index >= 15 is 0 Å². The summed E-state index contributed by atoms with van der Waals surface area (Å²) in [5.41, 5.74) is 9.95. The highest BCUT2D eigenvalue weighted by atomic mass is 16.3. The smallest absolute Gasteiger partial charge is 0.123 e. The molecule has 0 radical (unpaired) electrons. The maximum atomic E-state index is 10.3. The van der Waals surface area contributed by atoms with Gasteiger partial charge in [0.1, 0.15) is 40.2 Å². The van der Waals surface area contributed by atoms with Crippen LogP contribution in [0.1, 0.15) is 178 Å². The summed E-state index contributed by atoms with van der Waals surface area (Å²) < 4.78 is 0. The summed E-state index contributed by atoms with van der Waals surface area (Å²) in [6.45, 7) is 41.2. The van der Waals surface area contributed by atoms with Gasteiger partial charge in [-0.15, -0.1) is 0 Å². The van der Waals surface area contributed by atoms with E-state index in [1.165, 1.54) is 0 Å². The molecule has 408 valence electrons. The van der Waals surface area contributed by atoms with Crippen LogP contribution in [0.15, 0.2) is 152 Å². The fourth-order valence-corrected chi connectivity index (χ4v) is 7.43. The molecule has 7 heteroatoms. The first-order chi connectivity index (χ1) is 34.5. The van der Waals surface area contributed by atoms with E-state index in [0.29, 0.717) is 52.1 Å². The summed E-state index contributed by atoms with van der Waals surface area (Å²) in [7, 11) is 0. The molecule has 7 rings (SSSR count). The van der Waals surface area contributed by atoms with Crippen LogP contribution in [0.5, 0.6) is 40.2 Å². The van der Waals surface area contributed by atoms with Gasteiger partial charge >= 0.3 is 0 Å². The third-order valence-electron chi connectivity index (χ3n) is 12.1. The molecule has 7 nitrogen and oxygen atoms in total. The molecule has 0 saturated carbocycles. The number of phenols is 7. The third kappa shape index (κ3) is 23.1. The molecule has 0 heterocycles. The summed E-state index contributed by atoms with van der Waals surface area (Å²) in [5.74, 6) is 3.64. The summed E-state index contributed by atoms with van der Waals surface area (Å²) in [6, 6.07) is 47.1. The van der Waals surface area contributed by atoms with Gasteiger partial charge in [-0.05, 0) is 141 Å². The van der Waals surface area contributed by atoms with Gasteiger partial charge in [-0.3, -0.25) is 0 Å². The van der Waals surface area contributed by atoms with Crippen molar-refractivity contribution >= 4 is 0 Å². The fraction of sp³-hybridized carbons (Fsp3) is 0.382. The Kier molecular flexibility index (Phi) is 26.4. The lowest BCUT2D eigenvalue weighted by Crippen LogP contribution is -2.16. The molecule has 0 fully saturated rings. The fourth-order valence-electron chi connectivity index (χ4n) is 7.43. The van der Waals surface area contributed by atoms with Crippen molar-refractivity contribution in [3.8, 4) is 40.2 Å². The molecule has 0 amide bonds. The first kappa shape index (κ1) is 66.2. The Balaban J connectivity index is 0.000000443. The van der Waals surface area contributed by atoms with Crippen LogP contribution < -0.4 is 0 Å². The van der Waals surface area contributed by atoms with Crippen molar-refractivity contribution in [2.45, 2.75) is 172 Å². The number of aryl methyl sites for hydroxylation is 4. The zero-order valence-corrected chi connectivity index (χ0v) is 49.2. The summed E-state index contributed by atoms with van der Waals surface area (Å²) in [4.78, 5) is 0. The van der Waals surface area contributed by atoms with Crippen molar-refractivity contribution in [1.29, 1.82) is 0 Å². The van der Waals surface area contributed by atoms with Crippen molar-refractivity contribution < 1.29 is 35.7 Å². The van der Waals surface area contributed by atoms with Crippen LogP contribution in [0, 0.1) is 27.7 Å². The second-order valence-electron chi connectivity index (χ2n) is 23.6. The van der Waals surface area contributed by atoms with Crippen molar-refractivity contribution in [3.05, 3.63) is 207 Å². The zero-order valence-electron chi connectivity index (χ0n) is 49.2. The molecule has 0 saturated heterocycles. The van der Waals surface area contributed by atoms with Crippen LogP contribution in [0.25, 0.3) is 0 Å². The molecular formula is C68H94O7. The Morgan fingerprint density at radius 3 is 0.853 bits per heavy atom. The lowest BCUT2D eigenvalue weighted by Gasteiger charge is -2.26. The molecule has 0 unspecified atom stereocenters. The first-order valence-electron chi connectivity index (χ1n) is 26.0. The number of hydrogen-bond donors (Lipinski definition) is 7. The predicted molar refractivity (Wildman–Crippen MR) is 319 cm³/mol. The van der Waals surface area contributed by atoms with Crippen molar-refractivity contribution in [1.82, 2.24) is 0 Å². The number of benzene rings is 7. The maximum Gasteiger partial charge on any atom is 0.123 e. The van der Waals surface area contributed by atoms with Crippen LogP contribution in [-0.4, -0.2) is 35.7 Å². The number of para-hydroxylation sites is 7. The third-order valence-corrected chi connectivity index (χ3v) is 12.1. The molecule has 0 aliphatic heterocycles. The van der Waals surface area contributed by atoms with Crippen molar-refractivity contribution in [2.24, 2.45) is 0 Å². The summed E-state index contributed by atoms with van der Waals surface area (Å²) >= 11 is 0. The van der Waals surface area contributed by atoms with E-state index < -0.39 is 0 Å². The van der Waals surface area contributed by atoms with Crippen LogP contribution in [0.4, 0.5) is 0 Å². The molecule has 0 spiro atoms. The van der Waals surface area contributed by atoms with Crippen molar-refractivity contribution in [3.63, 3.8) is 0 Å². The standard InChI is InChI=1S/C14H22O.C12H18O.C11H16O.C10H14O.C8H10O.C7H8O.C6H6O/c1-13(2,3)10-8-7-9-11(12(10)15)14(4,5)6;1-8(2)10-6-5-7-11(9(3)4)12(10)13;1-8-6-5-7-9(10(8)12)11(2,3)4;1-10(2,3)8-6-4-5-7-9(8)11;1-6-4-3-5-7(2)8(6)9;1-6-4-2-3-5-7(6)8;7-6-4-2-1-3-5-6/h7-9,15H,1-6H3;5-9,13H,1-4H3;5-7,12H,1-4H3;4-7,11H,1-3H3;3-5,9H,1-2H3;2-5,8H,1H3;1-5,7H. The molecule has 7 aromatic rings. The average molecular weight is 1020 g/mol. The highest BCUT2D eigenvalue weighted by molar-refractivity contribution is 5.47. The van der Waals surface area contributed by atoms with Crippen molar-refractivity contribution in [2.75, 3.05) is 0 Å². The molecule has 0 atom stereocenters. The van der Waals surface area contributed by atoms with Gasteiger partial charge in [-0.1, -0.05) is 238 Å². The minimum atomic E-state index is -0.00859. The van der Waals surface area contributed by atoms with Gasteiger partial charge in [-0.2, -0.15) is 0 Å².